The van der Waals surface area contributed by atoms with Crippen LogP contribution in [0.5, 0.6) is 0 Å². The lowest BCUT2D eigenvalue weighted by Crippen LogP contribution is -2.54. The Morgan fingerprint density at radius 3 is 2.11 bits per heavy atom. The summed E-state index contributed by atoms with van der Waals surface area (Å²) in [5.41, 5.74) is 0. The lowest BCUT2D eigenvalue weighted by molar-refractivity contribution is -0.0571. The second-order valence-corrected chi connectivity index (χ2v) is 6.51. The summed E-state index contributed by atoms with van der Waals surface area (Å²) in [7, 11) is 0. The smallest absolute Gasteiger partial charge is 0.0829 e. The van der Waals surface area contributed by atoms with Crippen molar-refractivity contribution in [1.29, 1.82) is 0 Å². The maximum Gasteiger partial charge on any atom is 0.0829 e. The van der Waals surface area contributed by atoms with Crippen LogP contribution >= 0.6 is 0 Å². The molecule has 0 aromatic rings. The van der Waals surface area contributed by atoms with Crippen LogP contribution in [-0.2, 0) is 4.74 Å². The van der Waals surface area contributed by atoms with E-state index in [0.717, 1.165) is 26.2 Å². The second kappa shape index (κ2) is 7.02. The van der Waals surface area contributed by atoms with E-state index >= 15 is 0 Å². The topological polar surface area (TPSA) is 19.0 Å². The Kier molecular flexibility index (Phi) is 5.63. The molecule has 2 saturated heterocycles. The van der Waals surface area contributed by atoms with Crippen LogP contribution in [0.1, 0.15) is 27.7 Å². The number of morpholine rings is 1. The van der Waals surface area contributed by atoms with Gasteiger partial charge >= 0.3 is 0 Å². The van der Waals surface area contributed by atoms with Crippen LogP contribution in [0.25, 0.3) is 0 Å². The number of ether oxygens (including phenoxy) is 1. The van der Waals surface area contributed by atoms with Gasteiger partial charge in [0.25, 0.3) is 0 Å². The molecule has 1 atom stereocenters. The molecule has 4 nitrogen and oxygen atoms in total. The number of nitrogens with zero attached hydrogens (tertiary/aromatic N) is 3. The standard InChI is InChI=1S/C15H31N3O/c1-13(2)17-7-5-16(6-8-17)11-15-12-18(14(3)4)9-10-19-15/h13-15H,5-12H2,1-4H3/t15-/m1/s1. The van der Waals surface area contributed by atoms with Crippen LogP contribution < -0.4 is 0 Å². The molecule has 0 unspecified atom stereocenters. The van der Waals surface area contributed by atoms with Crippen LogP contribution in [0, 0.1) is 0 Å². The third kappa shape index (κ3) is 4.42. The van der Waals surface area contributed by atoms with Gasteiger partial charge in [0.15, 0.2) is 0 Å². The van der Waals surface area contributed by atoms with E-state index in [4.69, 9.17) is 4.74 Å². The first-order valence-electron chi connectivity index (χ1n) is 7.88. The van der Waals surface area contributed by atoms with Gasteiger partial charge < -0.3 is 4.74 Å². The zero-order chi connectivity index (χ0) is 13.8. The lowest BCUT2D eigenvalue weighted by Gasteiger charge is -2.41. The molecule has 0 spiro atoms. The predicted molar refractivity (Wildman–Crippen MR) is 79.6 cm³/mol. The number of hydrogen-bond acceptors (Lipinski definition) is 4. The minimum Gasteiger partial charge on any atom is -0.374 e. The quantitative estimate of drug-likeness (QED) is 0.761. The molecule has 0 radical (unpaired) electrons. The maximum absolute atomic E-state index is 5.94. The highest BCUT2D eigenvalue weighted by molar-refractivity contribution is 4.80. The maximum atomic E-state index is 5.94. The van der Waals surface area contributed by atoms with Crippen molar-refractivity contribution in [2.45, 2.75) is 45.9 Å². The van der Waals surface area contributed by atoms with E-state index in [2.05, 4.69) is 42.4 Å². The molecule has 19 heavy (non-hydrogen) atoms. The normalized spacial score (nSPS) is 28.4. The summed E-state index contributed by atoms with van der Waals surface area (Å²) in [6.07, 6.45) is 0.404. The molecule has 0 saturated carbocycles. The highest BCUT2D eigenvalue weighted by Crippen LogP contribution is 2.12. The Bertz CT molecular complexity index is 262. The van der Waals surface area contributed by atoms with E-state index in [1.165, 1.54) is 26.2 Å². The SMILES string of the molecule is CC(C)N1CCN(C[C@@H]2CN(C(C)C)CCO2)CC1. The Hall–Kier alpha value is -0.160. The van der Waals surface area contributed by atoms with Gasteiger partial charge in [0.1, 0.15) is 0 Å². The van der Waals surface area contributed by atoms with Crippen LogP contribution in [0.15, 0.2) is 0 Å². The highest BCUT2D eigenvalue weighted by atomic mass is 16.5. The monoisotopic (exact) mass is 269 g/mol. The molecule has 2 rings (SSSR count). The summed E-state index contributed by atoms with van der Waals surface area (Å²) in [6, 6.07) is 1.33. The second-order valence-electron chi connectivity index (χ2n) is 6.51. The zero-order valence-electron chi connectivity index (χ0n) is 13.1. The summed E-state index contributed by atoms with van der Waals surface area (Å²) < 4.78 is 5.94. The van der Waals surface area contributed by atoms with Crippen molar-refractivity contribution in [3.05, 3.63) is 0 Å². The molecule has 2 aliphatic heterocycles. The van der Waals surface area contributed by atoms with Crippen molar-refractivity contribution in [2.75, 3.05) is 52.4 Å². The fraction of sp³-hybridized carbons (Fsp3) is 1.00. The lowest BCUT2D eigenvalue weighted by atomic mass is 10.2. The molecule has 0 aliphatic carbocycles. The van der Waals surface area contributed by atoms with Crippen molar-refractivity contribution in [1.82, 2.24) is 14.7 Å². The molecule has 0 N–H and O–H groups in total. The molecule has 0 aromatic carbocycles. The van der Waals surface area contributed by atoms with Crippen molar-refractivity contribution < 1.29 is 4.74 Å². The summed E-state index contributed by atoms with van der Waals surface area (Å²) >= 11 is 0. The Balaban J connectivity index is 1.73. The fourth-order valence-corrected chi connectivity index (χ4v) is 3.07. The van der Waals surface area contributed by atoms with E-state index in [1.807, 2.05) is 0 Å². The van der Waals surface area contributed by atoms with Gasteiger partial charge in [0, 0.05) is 57.9 Å². The molecule has 2 fully saturated rings. The van der Waals surface area contributed by atoms with E-state index < -0.39 is 0 Å². The van der Waals surface area contributed by atoms with Gasteiger partial charge in [-0.15, -0.1) is 0 Å². The first kappa shape index (κ1) is 15.2. The minimum atomic E-state index is 0.404. The van der Waals surface area contributed by atoms with Crippen LogP contribution in [-0.4, -0.2) is 85.3 Å². The van der Waals surface area contributed by atoms with Crippen molar-refractivity contribution in [2.24, 2.45) is 0 Å². The van der Waals surface area contributed by atoms with E-state index in [0.29, 0.717) is 18.2 Å². The van der Waals surface area contributed by atoms with Crippen molar-refractivity contribution in [3.63, 3.8) is 0 Å². The van der Waals surface area contributed by atoms with Gasteiger partial charge in [-0.1, -0.05) is 0 Å². The highest BCUT2D eigenvalue weighted by Gasteiger charge is 2.26. The Morgan fingerprint density at radius 1 is 0.895 bits per heavy atom. The van der Waals surface area contributed by atoms with Gasteiger partial charge in [-0.2, -0.15) is 0 Å². The average Bonchev–Trinajstić information content (AvgIpc) is 2.39. The van der Waals surface area contributed by atoms with E-state index in [9.17, 15) is 0 Å². The first-order valence-corrected chi connectivity index (χ1v) is 7.88. The van der Waals surface area contributed by atoms with Gasteiger partial charge in [0.05, 0.1) is 12.7 Å². The number of piperazine rings is 1. The van der Waals surface area contributed by atoms with Gasteiger partial charge in [0.2, 0.25) is 0 Å². The summed E-state index contributed by atoms with van der Waals surface area (Å²) in [5.74, 6) is 0. The molecule has 112 valence electrons. The Morgan fingerprint density at radius 2 is 1.53 bits per heavy atom. The van der Waals surface area contributed by atoms with E-state index in [1.54, 1.807) is 0 Å². The fourth-order valence-electron chi connectivity index (χ4n) is 3.07. The van der Waals surface area contributed by atoms with Crippen molar-refractivity contribution in [3.8, 4) is 0 Å². The van der Waals surface area contributed by atoms with Crippen LogP contribution in [0.3, 0.4) is 0 Å². The van der Waals surface area contributed by atoms with Crippen LogP contribution in [0.2, 0.25) is 0 Å². The van der Waals surface area contributed by atoms with Gasteiger partial charge in [-0.3, -0.25) is 14.7 Å². The molecule has 4 heteroatoms. The van der Waals surface area contributed by atoms with Gasteiger partial charge in [-0.05, 0) is 27.7 Å². The largest absolute Gasteiger partial charge is 0.374 e. The molecule has 0 aromatic heterocycles. The molecule has 2 aliphatic rings. The predicted octanol–water partition coefficient (Wildman–Crippen LogP) is 1.12. The van der Waals surface area contributed by atoms with Crippen molar-refractivity contribution >= 4 is 0 Å². The summed E-state index contributed by atoms with van der Waals surface area (Å²) in [6.45, 7) is 18.1. The Labute approximate surface area is 118 Å². The number of hydrogen-bond donors (Lipinski definition) is 0. The molecular formula is C15H31N3O. The first-order chi connectivity index (χ1) is 9.06. The minimum absolute atomic E-state index is 0.404. The third-order valence-corrected chi connectivity index (χ3v) is 4.50. The summed E-state index contributed by atoms with van der Waals surface area (Å²) in [4.78, 5) is 7.69. The summed E-state index contributed by atoms with van der Waals surface area (Å²) in [5, 5.41) is 0. The average molecular weight is 269 g/mol. The van der Waals surface area contributed by atoms with Gasteiger partial charge in [-0.25, -0.2) is 0 Å². The van der Waals surface area contributed by atoms with Crippen LogP contribution in [0.4, 0.5) is 0 Å². The molecule has 0 amide bonds. The zero-order valence-corrected chi connectivity index (χ0v) is 13.1. The molecular weight excluding hydrogens is 238 g/mol. The van der Waals surface area contributed by atoms with E-state index in [-0.39, 0.29) is 0 Å². The molecule has 2 heterocycles. The number of rotatable bonds is 4. The third-order valence-electron chi connectivity index (χ3n) is 4.50. The molecule has 0 bridgehead atoms.